The highest BCUT2D eigenvalue weighted by Gasteiger charge is 2.18. The fourth-order valence-electron chi connectivity index (χ4n) is 1.12. The molecule has 0 atom stereocenters. The van der Waals surface area contributed by atoms with Crippen molar-refractivity contribution in [3.05, 3.63) is 11.6 Å². The molecule has 0 saturated carbocycles. The fraction of sp³-hybridized carbons (Fsp3) is 0.125. The molecule has 8 heteroatoms. The van der Waals surface area contributed by atoms with E-state index in [4.69, 9.17) is 20.6 Å². The highest BCUT2D eigenvalue weighted by atomic mass is 16.5. The molecule has 0 saturated heterocycles. The Labute approximate surface area is 89.3 Å². The molecule has 16 heavy (non-hydrogen) atoms. The average molecular weight is 230 g/mol. The fourth-order valence-corrected chi connectivity index (χ4v) is 1.12. The van der Waals surface area contributed by atoms with Crippen LogP contribution < -0.4 is 5.48 Å². The third-order valence-electron chi connectivity index (χ3n) is 1.92. The molecule has 0 heterocycles. The van der Waals surface area contributed by atoms with Gasteiger partial charge in [0.05, 0.1) is 5.56 Å². The molecule has 1 aromatic rings. The molecule has 0 aliphatic carbocycles. The molecule has 0 unspecified atom stereocenters. The highest BCUT2D eigenvalue weighted by Crippen LogP contribution is 2.42. The molecular weight excluding hydrogens is 220 g/mol. The van der Waals surface area contributed by atoms with Crippen molar-refractivity contribution in [2.24, 2.45) is 5.16 Å². The molecule has 0 bridgehead atoms. The van der Waals surface area contributed by atoms with Crippen molar-refractivity contribution in [2.75, 3.05) is 0 Å². The predicted molar refractivity (Wildman–Crippen MR) is 50.9 cm³/mol. The first-order chi connectivity index (χ1) is 7.51. The number of amidine groups is 1. The van der Waals surface area contributed by atoms with E-state index in [9.17, 15) is 10.2 Å². The van der Waals surface area contributed by atoms with E-state index in [0.29, 0.717) is 0 Å². The minimum atomic E-state index is -0.688. The van der Waals surface area contributed by atoms with Gasteiger partial charge in [-0.25, -0.2) is 0 Å². The lowest BCUT2D eigenvalue weighted by atomic mass is 10.1. The normalized spacial score (nSPS) is 11.4. The van der Waals surface area contributed by atoms with Crippen LogP contribution in [0.3, 0.4) is 0 Å². The van der Waals surface area contributed by atoms with Gasteiger partial charge in [-0.3, -0.25) is 10.7 Å². The van der Waals surface area contributed by atoms with E-state index in [-0.39, 0.29) is 5.56 Å². The third-order valence-corrected chi connectivity index (χ3v) is 1.92. The molecule has 1 aromatic carbocycles. The molecule has 0 amide bonds. The van der Waals surface area contributed by atoms with E-state index in [1.165, 1.54) is 5.48 Å². The molecule has 1 rings (SSSR count). The van der Waals surface area contributed by atoms with Crippen LogP contribution in [0.1, 0.15) is 5.56 Å². The summed E-state index contributed by atoms with van der Waals surface area (Å²) in [4.78, 5) is 0. The average Bonchev–Trinajstić information content (AvgIpc) is 2.27. The topological polar surface area (TPSA) is 146 Å². The van der Waals surface area contributed by atoms with Gasteiger partial charge >= 0.3 is 0 Å². The summed E-state index contributed by atoms with van der Waals surface area (Å²) in [7, 11) is 0. The molecule has 0 radical (unpaired) electrons. The van der Waals surface area contributed by atoms with Crippen LogP contribution in [-0.4, -0.2) is 36.7 Å². The zero-order chi connectivity index (χ0) is 12.3. The van der Waals surface area contributed by atoms with Crippen molar-refractivity contribution in [3.63, 3.8) is 0 Å². The van der Waals surface area contributed by atoms with Crippen LogP contribution in [-0.2, 0) is 6.42 Å². The summed E-state index contributed by atoms with van der Waals surface area (Å²) >= 11 is 0. The number of hydroxylamine groups is 1. The zero-order valence-corrected chi connectivity index (χ0v) is 7.91. The second kappa shape index (κ2) is 4.45. The maximum absolute atomic E-state index is 9.38. The maximum Gasteiger partial charge on any atom is 0.169 e. The number of aromatic hydroxyl groups is 4. The summed E-state index contributed by atoms with van der Waals surface area (Å²) in [6, 6.07) is 0.746. The molecule has 0 spiro atoms. The standard InChI is InChI=1S/C8H10N2O6/c11-4-2-5(12)8(14)3(7(4)13)1-6(9-15)10-16/h2,11-16H,1H2,(H,9,10). The number of nitrogens with one attached hydrogen (secondary N) is 1. The van der Waals surface area contributed by atoms with Gasteiger partial charge in [0.15, 0.2) is 28.8 Å². The number of hydrogen-bond acceptors (Lipinski definition) is 7. The van der Waals surface area contributed by atoms with Crippen molar-refractivity contribution in [2.45, 2.75) is 6.42 Å². The van der Waals surface area contributed by atoms with Gasteiger partial charge in [0, 0.05) is 12.5 Å². The van der Waals surface area contributed by atoms with Gasteiger partial charge < -0.3 is 25.6 Å². The quantitative estimate of drug-likeness (QED) is 0.0930. The first-order valence-corrected chi connectivity index (χ1v) is 4.08. The first kappa shape index (κ1) is 11.7. The van der Waals surface area contributed by atoms with Crippen molar-refractivity contribution < 1.29 is 30.8 Å². The summed E-state index contributed by atoms with van der Waals surface area (Å²) in [6.07, 6.45) is -0.424. The summed E-state index contributed by atoms with van der Waals surface area (Å²) in [6.45, 7) is 0. The monoisotopic (exact) mass is 230 g/mol. The molecule has 0 aliphatic rings. The Balaban J connectivity index is 3.22. The van der Waals surface area contributed by atoms with Crippen LogP contribution in [0.5, 0.6) is 23.0 Å². The van der Waals surface area contributed by atoms with Gasteiger partial charge in [-0.1, -0.05) is 5.16 Å². The molecule has 8 nitrogen and oxygen atoms in total. The van der Waals surface area contributed by atoms with E-state index in [2.05, 4.69) is 5.16 Å². The Morgan fingerprint density at radius 1 is 1.12 bits per heavy atom. The Morgan fingerprint density at radius 2 is 1.62 bits per heavy atom. The van der Waals surface area contributed by atoms with E-state index in [0.717, 1.165) is 6.07 Å². The summed E-state index contributed by atoms with van der Waals surface area (Å²) in [5.41, 5.74) is 1.21. The largest absolute Gasteiger partial charge is 0.504 e. The van der Waals surface area contributed by atoms with Gasteiger partial charge in [0.2, 0.25) is 0 Å². The number of rotatable bonds is 2. The second-order valence-electron chi connectivity index (χ2n) is 2.93. The van der Waals surface area contributed by atoms with Gasteiger partial charge in [-0.15, -0.1) is 0 Å². The summed E-state index contributed by atoms with van der Waals surface area (Å²) in [5.74, 6) is -3.07. The minimum absolute atomic E-state index is 0.299. The van der Waals surface area contributed by atoms with Gasteiger partial charge in [-0.05, 0) is 0 Å². The van der Waals surface area contributed by atoms with Gasteiger partial charge in [0.25, 0.3) is 0 Å². The van der Waals surface area contributed by atoms with Crippen LogP contribution in [0.4, 0.5) is 0 Å². The SMILES string of the molecule is ON=C(Cc1c(O)c(O)cc(O)c1O)NO. The van der Waals surface area contributed by atoms with Crippen LogP contribution in [0.2, 0.25) is 0 Å². The molecule has 7 N–H and O–H groups in total. The Morgan fingerprint density at radius 3 is 2.00 bits per heavy atom. The number of oxime groups is 1. The van der Waals surface area contributed by atoms with E-state index < -0.39 is 35.3 Å². The lowest BCUT2D eigenvalue weighted by Crippen LogP contribution is -2.21. The molecule has 0 aliphatic heterocycles. The molecular formula is C8H10N2O6. The third kappa shape index (κ3) is 2.01. The zero-order valence-electron chi connectivity index (χ0n) is 7.91. The number of hydrogen-bond donors (Lipinski definition) is 7. The van der Waals surface area contributed by atoms with E-state index in [1.54, 1.807) is 0 Å². The van der Waals surface area contributed by atoms with Gasteiger partial charge in [-0.2, -0.15) is 0 Å². The molecule has 0 fully saturated rings. The first-order valence-electron chi connectivity index (χ1n) is 4.08. The van der Waals surface area contributed by atoms with Crippen molar-refractivity contribution in [1.29, 1.82) is 0 Å². The Hall–Kier alpha value is -2.35. The van der Waals surface area contributed by atoms with Crippen LogP contribution in [0.25, 0.3) is 0 Å². The van der Waals surface area contributed by atoms with Crippen molar-refractivity contribution >= 4 is 5.84 Å². The van der Waals surface area contributed by atoms with E-state index in [1.807, 2.05) is 0 Å². The van der Waals surface area contributed by atoms with Crippen LogP contribution in [0, 0.1) is 0 Å². The minimum Gasteiger partial charge on any atom is -0.504 e. The lowest BCUT2D eigenvalue weighted by Gasteiger charge is -2.10. The summed E-state index contributed by atoms with van der Waals surface area (Å²) < 4.78 is 0. The van der Waals surface area contributed by atoms with Crippen LogP contribution >= 0.6 is 0 Å². The maximum atomic E-state index is 9.38. The van der Waals surface area contributed by atoms with Gasteiger partial charge in [0.1, 0.15) is 0 Å². The molecule has 0 aromatic heterocycles. The lowest BCUT2D eigenvalue weighted by molar-refractivity contribution is 0.220. The Bertz CT molecular complexity index is 405. The van der Waals surface area contributed by atoms with E-state index >= 15 is 0 Å². The summed E-state index contributed by atoms with van der Waals surface area (Å²) in [5, 5.41) is 56.5. The molecule has 88 valence electrons. The number of nitrogens with zero attached hydrogens (tertiary/aromatic N) is 1. The van der Waals surface area contributed by atoms with Crippen molar-refractivity contribution in [3.8, 4) is 23.0 Å². The number of phenols is 4. The Kier molecular flexibility index (Phi) is 3.26. The number of benzene rings is 1. The number of phenolic OH excluding ortho intramolecular Hbond substituents is 4. The second-order valence-corrected chi connectivity index (χ2v) is 2.93. The van der Waals surface area contributed by atoms with Crippen molar-refractivity contribution in [1.82, 2.24) is 5.48 Å². The predicted octanol–water partition coefficient (Wildman–Crippen LogP) is -0.182. The highest BCUT2D eigenvalue weighted by molar-refractivity contribution is 5.84. The smallest absolute Gasteiger partial charge is 0.169 e. The van der Waals surface area contributed by atoms with Crippen LogP contribution in [0.15, 0.2) is 11.2 Å².